The Hall–Kier alpha value is -5.20. The molecule has 0 atom stereocenters. The van der Waals surface area contributed by atoms with Gasteiger partial charge in [0, 0.05) is 33.0 Å². The molecule has 0 unspecified atom stereocenters. The standard InChI is InChI=1S/C28H10N6/c1-30-14-3-9-20-22(11-14)34-28-18-7-5-15-23-17(6-4-16(24(18)23)26(28)32-20)27-25(15)31-19-8-2-13(12-29)10-21(19)33-27/h2-11H. The molecule has 6 nitrogen and oxygen atoms in total. The van der Waals surface area contributed by atoms with E-state index in [9.17, 15) is 5.26 Å². The van der Waals surface area contributed by atoms with Crippen molar-refractivity contribution in [2.75, 3.05) is 0 Å². The van der Waals surface area contributed by atoms with E-state index in [0.29, 0.717) is 16.8 Å². The fraction of sp³-hybridized carbons (Fsp3) is 0. The van der Waals surface area contributed by atoms with Crippen LogP contribution in [0.2, 0.25) is 0 Å². The molecule has 6 aromatic rings. The topological polar surface area (TPSA) is 79.7 Å². The summed E-state index contributed by atoms with van der Waals surface area (Å²) in [6.07, 6.45) is 0. The summed E-state index contributed by atoms with van der Waals surface area (Å²) >= 11 is 0. The molecule has 0 N–H and O–H groups in total. The molecule has 0 bridgehead atoms. The third kappa shape index (κ3) is 1.98. The first-order valence-corrected chi connectivity index (χ1v) is 10.8. The minimum absolute atomic E-state index is 0.553. The highest BCUT2D eigenvalue weighted by Gasteiger charge is 2.32. The first-order chi connectivity index (χ1) is 16.7. The number of nitriles is 1. The Balaban J connectivity index is 1.45. The van der Waals surface area contributed by atoms with Crippen LogP contribution < -0.4 is 0 Å². The van der Waals surface area contributed by atoms with Crippen molar-refractivity contribution in [3.05, 3.63) is 77.6 Å². The average Bonchev–Trinajstić information content (AvgIpc) is 3.36. The lowest BCUT2D eigenvalue weighted by atomic mass is 9.99. The lowest BCUT2D eigenvalue weighted by Crippen LogP contribution is -1.91. The molecule has 4 aromatic carbocycles. The molecule has 34 heavy (non-hydrogen) atoms. The van der Waals surface area contributed by atoms with Crippen LogP contribution in [-0.2, 0) is 0 Å². The van der Waals surface area contributed by atoms with Gasteiger partial charge in [-0.05, 0) is 30.3 Å². The molecule has 8 rings (SSSR count). The molecule has 6 heteroatoms. The molecule has 0 saturated heterocycles. The third-order valence-corrected chi connectivity index (χ3v) is 6.75. The molecule has 0 amide bonds. The van der Waals surface area contributed by atoms with Gasteiger partial charge in [-0.2, -0.15) is 5.26 Å². The highest BCUT2D eigenvalue weighted by molar-refractivity contribution is 6.25. The molecule has 0 radical (unpaired) electrons. The van der Waals surface area contributed by atoms with Gasteiger partial charge in [-0.25, -0.2) is 24.8 Å². The van der Waals surface area contributed by atoms with Crippen LogP contribution in [0.25, 0.3) is 82.7 Å². The van der Waals surface area contributed by atoms with E-state index in [1.54, 1.807) is 24.3 Å². The number of hydrogen-bond donors (Lipinski definition) is 0. The van der Waals surface area contributed by atoms with E-state index in [1.165, 1.54) is 0 Å². The van der Waals surface area contributed by atoms with Crippen molar-refractivity contribution in [1.82, 2.24) is 19.9 Å². The van der Waals surface area contributed by atoms with Gasteiger partial charge < -0.3 is 0 Å². The van der Waals surface area contributed by atoms with Crippen molar-refractivity contribution in [2.45, 2.75) is 0 Å². The van der Waals surface area contributed by atoms with Crippen molar-refractivity contribution >= 4 is 38.5 Å². The van der Waals surface area contributed by atoms with Gasteiger partial charge in [-0.15, -0.1) is 0 Å². The lowest BCUT2D eigenvalue weighted by Gasteiger charge is -2.05. The Morgan fingerprint density at radius 3 is 1.56 bits per heavy atom. The molecule has 2 heterocycles. The summed E-state index contributed by atoms with van der Waals surface area (Å²) in [5, 5.41) is 11.5. The normalized spacial score (nSPS) is 12.1. The van der Waals surface area contributed by atoms with E-state index >= 15 is 0 Å². The average molecular weight is 430 g/mol. The molecule has 0 spiro atoms. The second-order valence-corrected chi connectivity index (χ2v) is 8.51. The quantitative estimate of drug-likeness (QED) is 0.259. The molecule has 2 aliphatic carbocycles. The van der Waals surface area contributed by atoms with E-state index in [2.05, 4.69) is 35.2 Å². The summed E-state index contributed by atoms with van der Waals surface area (Å²) < 4.78 is 0. The second kappa shape index (κ2) is 5.78. The van der Waals surface area contributed by atoms with E-state index in [4.69, 9.17) is 26.5 Å². The van der Waals surface area contributed by atoms with Crippen LogP contribution in [0.1, 0.15) is 5.56 Å². The Bertz CT molecular complexity index is 1890. The van der Waals surface area contributed by atoms with E-state index in [0.717, 1.165) is 72.4 Å². The van der Waals surface area contributed by atoms with Crippen molar-refractivity contribution < 1.29 is 0 Å². The second-order valence-electron chi connectivity index (χ2n) is 8.51. The lowest BCUT2D eigenvalue weighted by molar-refractivity contribution is 1.31. The van der Waals surface area contributed by atoms with Crippen molar-refractivity contribution in [1.29, 1.82) is 5.26 Å². The van der Waals surface area contributed by atoms with Crippen LogP contribution in [0.3, 0.4) is 0 Å². The van der Waals surface area contributed by atoms with Gasteiger partial charge >= 0.3 is 0 Å². The monoisotopic (exact) mass is 430 g/mol. The van der Waals surface area contributed by atoms with E-state index in [1.807, 2.05) is 12.1 Å². The summed E-state index contributed by atoms with van der Waals surface area (Å²) in [5.41, 5.74) is 11.7. The first kappa shape index (κ1) is 17.4. The Labute approximate surface area is 192 Å². The summed E-state index contributed by atoms with van der Waals surface area (Å²) in [7, 11) is 0. The van der Waals surface area contributed by atoms with E-state index in [-0.39, 0.29) is 0 Å². The van der Waals surface area contributed by atoms with Crippen LogP contribution in [0.4, 0.5) is 5.69 Å². The summed E-state index contributed by atoms with van der Waals surface area (Å²) in [5.74, 6) is 0. The van der Waals surface area contributed by atoms with Gasteiger partial charge in [0.2, 0.25) is 0 Å². The SMILES string of the molecule is [C-]#[N+]c1ccc2nc3c(nc2c1)-c1ccc2c4c(ccc-3c14)-c1nc3cc(C#N)ccc3nc1-2. The van der Waals surface area contributed by atoms with Crippen LogP contribution >= 0.6 is 0 Å². The van der Waals surface area contributed by atoms with Gasteiger partial charge in [0.15, 0.2) is 5.69 Å². The summed E-state index contributed by atoms with van der Waals surface area (Å²) in [6, 6.07) is 21.4. The fourth-order valence-corrected chi connectivity index (χ4v) is 5.27. The van der Waals surface area contributed by atoms with Crippen LogP contribution in [-0.4, -0.2) is 19.9 Å². The zero-order valence-corrected chi connectivity index (χ0v) is 17.5. The van der Waals surface area contributed by atoms with Crippen LogP contribution in [0, 0.1) is 17.9 Å². The Morgan fingerprint density at radius 1 is 0.588 bits per heavy atom. The molecule has 0 aliphatic heterocycles. The summed E-state index contributed by atoms with van der Waals surface area (Å²) in [4.78, 5) is 23.3. The Morgan fingerprint density at radius 2 is 1.06 bits per heavy atom. The number of benzene rings is 4. The fourth-order valence-electron chi connectivity index (χ4n) is 5.27. The molecule has 152 valence electrons. The highest BCUT2D eigenvalue weighted by atomic mass is 14.9. The number of fused-ring (bicyclic) bond motifs is 8. The van der Waals surface area contributed by atoms with Crippen molar-refractivity contribution in [3.63, 3.8) is 0 Å². The van der Waals surface area contributed by atoms with Crippen LogP contribution in [0.5, 0.6) is 0 Å². The van der Waals surface area contributed by atoms with Gasteiger partial charge in [0.05, 0.1) is 63.0 Å². The van der Waals surface area contributed by atoms with Crippen molar-refractivity contribution in [3.8, 4) is 51.1 Å². The molecular weight excluding hydrogens is 420 g/mol. The molecule has 2 aromatic heterocycles. The minimum Gasteiger partial charge on any atom is -0.245 e. The Kier molecular flexibility index (Phi) is 2.95. The zero-order chi connectivity index (χ0) is 22.6. The number of nitrogens with zero attached hydrogens (tertiary/aromatic N) is 6. The smallest absolute Gasteiger partial charge is 0.189 e. The third-order valence-electron chi connectivity index (χ3n) is 6.75. The zero-order valence-electron chi connectivity index (χ0n) is 17.5. The maximum absolute atomic E-state index is 9.28. The highest BCUT2D eigenvalue weighted by Crippen LogP contribution is 2.54. The maximum Gasteiger partial charge on any atom is 0.189 e. The predicted molar refractivity (Wildman–Crippen MR) is 130 cm³/mol. The van der Waals surface area contributed by atoms with Gasteiger partial charge in [0.25, 0.3) is 0 Å². The number of rotatable bonds is 0. The molecular formula is C28H10N6. The minimum atomic E-state index is 0.553. The van der Waals surface area contributed by atoms with E-state index < -0.39 is 0 Å². The van der Waals surface area contributed by atoms with Crippen molar-refractivity contribution in [2.24, 2.45) is 0 Å². The van der Waals surface area contributed by atoms with Gasteiger partial charge in [0.1, 0.15) is 0 Å². The number of aromatic nitrogens is 4. The first-order valence-electron chi connectivity index (χ1n) is 10.8. The largest absolute Gasteiger partial charge is 0.245 e. The van der Waals surface area contributed by atoms with Gasteiger partial charge in [-0.3, -0.25) is 0 Å². The van der Waals surface area contributed by atoms with Gasteiger partial charge in [-0.1, -0.05) is 30.3 Å². The maximum atomic E-state index is 9.28. The number of hydrogen-bond acceptors (Lipinski definition) is 5. The molecule has 2 aliphatic rings. The van der Waals surface area contributed by atoms with Crippen LogP contribution in [0.15, 0.2) is 60.7 Å². The summed E-state index contributed by atoms with van der Waals surface area (Å²) in [6.45, 7) is 7.31. The molecule has 0 saturated carbocycles. The molecule has 0 fully saturated rings. The predicted octanol–water partition coefficient (Wildman–Crippen LogP) is 6.44.